The van der Waals surface area contributed by atoms with E-state index >= 15 is 0 Å². The molecular formula is C17H35N. The van der Waals surface area contributed by atoms with Crippen molar-refractivity contribution in [1.29, 1.82) is 0 Å². The van der Waals surface area contributed by atoms with Gasteiger partial charge in [0.1, 0.15) is 0 Å². The lowest BCUT2D eigenvalue weighted by molar-refractivity contribution is 0.513. The lowest BCUT2D eigenvalue weighted by Crippen LogP contribution is -2.26. The summed E-state index contributed by atoms with van der Waals surface area (Å²) in [5.41, 5.74) is 0. The molecule has 2 radical (unpaired) electrons. The van der Waals surface area contributed by atoms with Crippen molar-refractivity contribution in [2.24, 2.45) is 0 Å². The molecule has 0 saturated heterocycles. The van der Waals surface area contributed by atoms with Crippen LogP contribution in [0, 0.1) is 13.8 Å². The van der Waals surface area contributed by atoms with E-state index in [4.69, 9.17) is 0 Å². The van der Waals surface area contributed by atoms with Crippen molar-refractivity contribution in [2.45, 2.75) is 90.0 Å². The Morgan fingerprint density at radius 1 is 0.833 bits per heavy atom. The first kappa shape index (κ1) is 18.0. The van der Waals surface area contributed by atoms with Gasteiger partial charge < -0.3 is 5.32 Å². The molecule has 0 saturated carbocycles. The third-order valence-electron chi connectivity index (χ3n) is 3.52. The van der Waals surface area contributed by atoms with Gasteiger partial charge in [-0.1, -0.05) is 78.1 Å². The van der Waals surface area contributed by atoms with E-state index in [0.717, 1.165) is 19.4 Å². The summed E-state index contributed by atoms with van der Waals surface area (Å²) in [4.78, 5) is 0. The van der Waals surface area contributed by atoms with E-state index < -0.39 is 0 Å². The van der Waals surface area contributed by atoms with Crippen LogP contribution in [-0.4, -0.2) is 12.6 Å². The van der Waals surface area contributed by atoms with Crippen molar-refractivity contribution >= 4 is 0 Å². The van der Waals surface area contributed by atoms with E-state index in [1.807, 2.05) is 0 Å². The molecule has 0 fully saturated rings. The minimum atomic E-state index is 0.404. The van der Waals surface area contributed by atoms with Gasteiger partial charge in [-0.25, -0.2) is 0 Å². The zero-order valence-corrected chi connectivity index (χ0v) is 12.7. The highest BCUT2D eigenvalue weighted by molar-refractivity contribution is 4.68. The average molecular weight is 253 g/mol. The monoisotopic (exact) mass is 253 g/mol. The molecule has 1 atom stereocenters. The van der Waals surface area contributed by atoms with Gasteiger partial charge in [0.2, 0.25) is 0 Å². The van der Waals surface area contributed by atoms with Crippen molar-refractivity contribution in [2.75, 3.05) is 6.54 Å². The molecule has 1 nitrogen and oxygen atoms in total. The maximum absolute atomic E-state index is 4.06. The van der Waals surface area contributed by atoms with Gasteiger partial charge in [-0.15, -0.1) is 0 Å². The Labute approximate surface area is 116 Å². The summed E-state index contributed by atoms with van der Waals surface area (Å²) >= 11 is 0. The third kappa shape index (κ3) is 14.0. The fourth-order valence-corrected chi connectivity index (χ4v) is 2.27. The highest BCUT2D eigenvalue weighted by atomic mass is 14.9. The molecule has 0 heterocycles. The summed E-state index contributed by atoms with van der Waals surface area (Å²) in [6, 6.07) is 0.404. The first-order chi connectivity index (χ1) is 8.81. The van der Waals surface area contributed by atoms with E-state index in [9.17, 15) is 0 Å². The summed E-state index contributed by atoms with van der Waals surface area (Å²) in [6.45, 7) is 11.3. The zero-order valence-electron chi connectivity index (χ0n) is 12.7. The number of hydrogen-bond acceptors (Lipinski definition) is 1. The molecule has 108 valence electrons. The molecule has 0 aliphatic heterocycles. The Morgan fingerprint density at radius 3 is 1.83 bits per heavy atom. The normalized spacial score (nSPS) is 12.8. The maximum atomic E-state index is 4.06. The van der Waals surface area contributed by atoms with Crippen LogP contribution in [0.5, 0.6) is 0 Å². The molecule has 1 unspecified atom stereocenters. The van der Waals surface area contributed by atoms with Gasteiger partial charge >= 0.3 is 0 Å². The lowest BCUT2D eigenvalue weighted by atomic mass is 10.1. The smallest absolute Gasteiger partial charge is 0.00676 e. The van der Waals surface area contributed by atoms with Crippen LogP contribution in [0.3, 0.4) is 0 Å². The molecule has 0 aromatic rings. The molecular weight excluding hydrogens is 218 g/mol. The second kappa shape index (κ2) is 15.0. The van der Waals surface area contributed by atoms with E-state index in [1.54, 1.807) is 0 Å². The molecule has 0 aliphatic carbocycles. The summed E-state index contributed by atoms with van der Waals surface area (Å²) in [5.74, 6) is 0. The molecule has 1 N–H and O–H groups in total. The average Bonchev–Trinajstić information content (AvgIpc) is 2.36. The first-order valence-electron chi connectivity index (χ1n) is 8.17. The van der Waals surface area contributed by atoms with E-state index in [1.165, 1.54) is 64.2 Å². The Hall–Kier alpha value is -0.0400. The second-order valence-corrected chi connectivity index (χ2v) is 5.48. The fraction of sp³-hybridized carbons (Fsp3) is 0.882. The molecule has 0 aromatic carbocycles. The number of hydrogen-bond donors (Lipinski definition) is 1. The standard InChI is InChI=1S/C17H35N/c1-4-6-7-8-9-10-11-12-13-14-16-18-17(3)15-5-2/h17-18H,2-16H2,1H3. The van der Waals surface area contributed by atoms with Crippen LogP contribution >= 0.6 is 0 Å². The molecule has 0 aromatic heterocycles. The Bertz CT molecular complexity index is 145. The Balaban J connectivity index is 2.98. The highest BCUT2D eigenvalue weighted by Gasteiger charge is 1.98. The number of rotatable bonds is 14. The number of unbranched alkanes of at least 4 members (excludes halogenated alkanes) is 9. The van der Waals surface area contributed by atoms with Crippen molar-refractivity contribution < 1.29 is 0 Å². The minimum Gasteiger partial charge on any atom is -0.314 e. The topological polar surface area (TPSA) is 12.0 Å². The Kier molecular flexibility index (Phi) is 15.0. The molecule has 0 spiro atoms. The van der Waals surface area contributed by atoms with Gasteiger partial charge in [-0.05, 0) is 26.3 Å². The van der Waals surface area contributed by atoms with Crippen LogP contribution in [0.2, 0.25) is 0 Å². The molecule has 0 aliphatic rings. The van der Waals surface area contributed by atoms with Crippen LogP contribution in [0.4, 0.5) is 0 Å². The van der Waals surface area contributed by atoms with Crippen LogP contribution in [0.25, 0.3) is 0 Å². The highest BCUT2D eigenvalue weighted by Crippen LogP contribution is 2.10. The predicted octanol–water partition coefficient (Wildman–Crippen LogP) is 5.31. The van der Waals surface area contributed by atoms with E-state index in [0.29, 0.717) is 6.04 Å². The molecule has 0 bridgehead atoms. The van der Waals surface area contributed by atoms with Gasteiger partial charge in [-0.3, -0.25) is 0 Å². The fourth-order valence-electron chi connectivity index (χ4n) is 2.27. The minimum absolute atomic E-state index is 0.404. The van der Waals surface area contributed by atoms with Crippen LogP contribution < -0.4 is 5.32 Å². The summed E-state index contributed by atoms with van der Waals surface area (Å²) in [5, 5.41) is 3.46. The third-order valence-corrected chi connectivity index (χ3v) is 3.52. The van der Waals surface area contributed by atoms with Crippen molar-refractivity contribution in [3.05, 3.63) is 13.8 Å². The maximum Gasteiger partial charge on any atom is 0.00676 e. The summed E-state index contributed by atoms with van der Waals surface area (Å²) in [6.07, 6.45) is 16.2. The SMILES string of the molecule is [CH2]CCC([CH2])NCCCCCCCCCCCC. The van der Waals surface area contributed by atoms with E-state index in [-0.39, 0.29) is 0 Å². The van der Waals surface area contributed by atoms with Crippen molar-refractivity contribution in [3.8, 4) is 0 Å². The molecule has 18 heavy (non-hydrogen) atoms. The van der Waals surface area contributed by atoms with Gasteiger partial charge in [0.05, 0.1) is 0 Å². The van der Waals surface area contributed by atoms with Crippen LogP contribution in [-0.2, 0) is 0 Å². The van der Waals surface area contributed by atoms with Crippen molar-refractivity contribution in [1.82, 2.24) is 5.32 Å². The zero-order chi connectivity index (χ0) is 13.5. The van der Waals surface area contributed by atoms with E-state index in [2.05, 4.69) is 26.1 Å². The van der Waals surface area contributed by atoms with Gasteiger partial charge in [-0.2, -0.15) is 0 Å². The van der Waals surface area contributed by atoms with Gasteiger partial charge in [0.25, 0.3) is 0 Å². The van der Waals surface area contributed by atoms with Crippen molar-refractivity contribution in [3.63, 3.8) is 0 Å². The summed E-state index contributed by atoms with van der Waals surface area (Å²) < 4.78 is 0. The first-order valence-corrected chi connectivity index (χ1v) is 8.17. The van der Waals surface area contributed by atoms with Gasteiger partial charge in [0, 0.05) is 6.04 Å². The predicted molar refractivity (Wildman–Crippen MR) is 83.6 cm³/mol. The van der Waals surface area contributed by atoms with Crippen LogP contribution in [0.1, 0.15) is 84.0 Å². The summed E-state index contributed by atoms with van der Waals surface area (Å²) in [7, 11) is 0. The van der Waals surface area contributed by atoms with Crippen LogP contribution in [0.15, 0.2) is 0 Å². The number of nitrogens with one attached hydrogen (secondary N) is 1. The molecule has 0 amide bonds. The Morgan fingerprint density at radius 2 is 1.33 bits per heavy atom. The quantitative estimate of drug-likeness (QED) is 0.413. The lowest BCUT2D eigenvalue weighted by Gasteiger charge is -2.11. The van der Waals surface area contributed by atoms with Gasteiger partial charge in [0.15, 0.2) is 0 Å². The molecule has 0 rings (SSSR count). The largest absolute Gasteiger partial charge is 0.314 e. The molecule has 1 heteroatoms. The second-order valence-electron chi connectivity index (χ2n) is 5.48.